The van der Waals surface area contributed by atoms with Crippen LogP contribution in [0.5, 0.6) is 0 Å². The number of halogens is 1. The first kappa shape index (κ1) is 16.3. The lowest BCUT2D eigenvalue weighted by molar-refractivity contribution is 0.229. The largest absolute Gasteiger partial charge is 0.334 e. The van der Waals surface area contributed by atoms with Gasteiger partial charge in [0, 0.05) is 10.1 Å². The Morgan fingerprint density at radius 2 is 2.00 bits per heavy atom. The fourth-order valence-electron chi connectivity index (χ4n) is 2.32. The first-order chi connectivity index (χ1) is 9.58. The molecule has 2 aromatic rings. The van der Waals surface area contributed by atoms with E-state index in [-0.39, 0.29) is 17.9 Å². The predicted octanol–water partition coefficient (Wildman–Crippen LogP) is 4.00. The third kappa shape index (κ3) is 3.25. The second-order valence-electron chi connectivity index (χ2n) is 5.60. The van der Waals surface area contributed by atoms with E-state index in [1.54, 1.807) is 11.8 Å². The molecule has 1 saturated carbocycles. The van der Waals surface area contributed by atoms with Crippen LogP contribution in [0.4, 0.5) is 0 Å². The van der Waals surface area contributed by atoms with Crippen LogP contribution in [0, 0.1) is 0 Å². The maximum absolute atomic E-state index is 6.24. The van der Waals surface area contributed by atoms with Gasteiger partial charge in [0.1, 0.15) is 0 Å². The van der Waals surface area contributed by atoms with Crippen LogP contribution in [0.2, 0.25) is 0 Å². The Kier molecular flexibility index (Phi) is 4.96. The summed E-state index contributed by atoms with van der Waals surface area (Å²) in [4.78, 5) is 5.69. The Balaban J connectivity index is 0.00000161. The van der Waals surface area contributed by atoms with Crippen molar-refractivity contribution in [2.45, 2.75) is 48.8 Å². The van der Waals surface area contributed by atoms with Gasteiger partial charge in [-0.3, -0.25) is 0 Å². The fourth-order valence-corrected chi connectivity index (χ4v) is 3.26. The fraction of sp³-hybridized carbons (Fsp3) is 0.467. The molecule has 0 unspecified atom stereocenters. The van der Waals surface area contributed by atoms with Crippen molar-refractivity contribution in [3.05, 3.63) is 30.1 Å². The molecule has 1 fully saturated rings. The third-order valence-electron chi connectivity index (χ3n) is 3.60. The molecule has 0 atom stereocenters. The van der Waals surface area contributed by atoms with Crippen LogP contribution < -0.4 is 5.73 Å². The van der Waals surface area contributed by atoms with E-state index in [2.05, 4.69) is 30.1 Å². The van der Waals surface area contributed by atoms with Gasteiger partial charge in [-0.15, -0.1) is 24.2 Å². The van der Waals surface area contributed by atoms with Crippen LogP contribution in [-0.2, 0) is 5.54 Å². The molecule has 0 spiro atoms. The average Bonchev–Trinajstić information content (AvgIpc) is 2.85. The van der Waals surface area contributed by atoms with Crippen LogP contribution >= 0.6 is 24.2 Å². The highest BCUT2D eigenvalue weighted by Gasteiger charge is 2.39. The van der Waals surface area contributed by atoms with E-state index in [1.165, 1.54) is 0 Å². The molecule has 1 aromatic heterocycles. The second-order valence-corrected chi connectivity index (χ2v) is 7.21. The minimum absolute atomic E-state index is 0. The van der Waals surface area contributed by atoms with E-state index in [9.17, 15) is 0 Å². The van der Waals surface area contributed by atoms with E-state index in [1.807, 2.05) is 18.2 Å². The average molecular weight is 326 g/mol. The summed E-state index contributed by atoms with van der Waals surface area (Å²) in [6.07, 6.45) is 3.02. The van der Waals surface area contributed by atoms with Crippen molar-refractivity contribution in [1.29, 1.82) is 0 Å². The van der Waals surface area contributed by atoms with Gasteiger partial charge in [0.15, 0.2) is 5.82 Å². The Labute approximate surface area is 135 Å². The normalized spacial score (nSPS) is 16.4. The monoisotopic (exact) mass is 325 g/mol. The molecule has 0 radical (unpaired) electrons. The lowest BCUT2D eigenvalue weighted by Crippen LogP contribution is -2.44. The Bertz CT molecular complexity index is 610. The first-order valence-electron chi connectivity index (χ1n) is 6.98. The molecule has 6 heteroatoms. The minimum atomic E-state index is -0.373. The number of nitrogens with zero attached hydrogens (tertiary/aromatic N) is 2. The Morgan fingerprint density at radius 1 is 1.29 bits per heavy atom. The zero-order chi connectivity index (χ0) is 14.2. The summed E-state index contributed by atoms with van der Waals surface area (Å²) in [5.74, 6) is 1.21. The van der Waals surface area contributed by atoms with Crippen LogP contribution in [0.15, 0.2) is 33.7 Å². The molecule has 3 rings (SSSR count). The van der Waals surface area contributed by atoms with Gasteiger partial charge in [0.05, 0.1) is 11.1 Å². The molecule has 114 valence electrons. The van der Waals surface area contributed by atoms with Crippen molar-refractivity contribution in [3.8, 4) is 11.5 Å². The van der Waals surface area contributed by atoms with Gasteiger partial charge in [-0.25, -0.2) is 0 Å². The maximum atomic E-state index is 6.24. The summed E-state index contributed by atoms with van der Waals surface area (Å²) in [7, 11) is 0. The quantitative estimate of drug-likeness (QED) is 0.861. The van der Waals surface area contributed by atoms with E-state index in [0.29, 0.717) is 17.0 Å². The molecule has 1 heterocycles. The smallest absolute Gasteiger partial charge is 0.259 e. The summed E-state index contributed by atoms with van der Waals surface area (Å²) in [6.45, 7) is 4.34. The summed E-state index contributed by atoms with van der Waals surface area (Å²) < 4.78 is 5.44. The second kappa shape index (κ2) is 6.38. The molecule has 0 aliphatic heterocycles. The zero-order valence-electron chi connectivity index (χ0n) is 12.2. The number of hydrogen-bond acceptors (Lipinski definition) is 5. The van der Waals surface area contributed by atoms with Crippen molar-refractivity contribution < 1.29 is 4.52 Å². The number of hydrogen-bond donors (Lipinski definition) is 1. The molecule has 1 aliphatic carbocycles. The van der Waals surface area contributed by atoms with Crippen molar-refractivity contribution in [3.63, 3.8) is 0 Å². The molecule has 21 heavy (non-hydrogen) atoms. The molecule has 0 amide bonds. The molecule has 0 bridgehead atoms. The van der Waals surface area contributed by atoms with Crippen LogP contribution in [-0.4, -0.2) is 15.4 Å². The third-order valence-corrected chi connectivity index (χ3v) is 4.68. The highest BCUT2D eigenvalue weighted by molar-refractivity contribution is 8.00. The number of thioether (sulfide) groups is 1. The number of benzene rings is 1. The minimum Gasteiger partial charge on any atom is -0.334 e. The molecule has 4 nitrogen and oxygen atoms in total. The lowest BCUT2D eigenvalue weighted by atomic mass is 9.77. The van der Waals surface area contributed by atoms with Crippen molar-refractivity contribution in [1.82, 2.24) is 10.1 Å². The highest BCUT2D eigenvalue weighted by atomic mass is 35.5. The number of aromatic nitrogens is 2. The summed E-state index contributed by atoms with van der Waals surface area (Å²) in [5, 5.41) is 4.59. The van der Waals surface area contributed by atoms with E-state index in [4.69, 9.17) is 10.3 Å². The van der Waals surface area contributed by atoms with Crippen molar-refractivity contribution >= 4 is 24.2 Å². The molecule has 2 N–H and O–H groups in total. The predicted molar refractivity (Wildman–Crippen MR) is 87.7 cm³/mol. The summed E-state index contributed by atoms with van der Waals surface area (Å²) in [5.41, 5.74) is 6.86. The van der Waals surface area contributed by atoms with Crippen LogP contribution in [0.1, 0.15) is 38.9 Å². The highest BCUT2D eigenvalue weighted by Crippen LogP contribution is 2.39. The van der Waals surface area contributed by atoms with E-state index < -0.39 is 0 Å². The van der Waals surface area contributed by atoms with Crippen LogP contribution in [0.25, 0.3) is 11.5 Å². The molecule has 1 aromatic carbocycles. The summed E-state index contributed by atoms with van der Waals surface area (Å²) >= 11 is 1.80. The zero-order valence-corrected chi connectivity index (χ0v) is 13.8. The Hall–Kier alpha value is -1.04. The topological polar surface area (TPSA) is 64.9 Å². The number of nitrogens with two attached hydrogens (primary N) is 1. The Morgan fingerprint density at radius 3 is 2.62 bits per heavy atom. The van der Waals surface area contributed by atoms with Crippen molar-refractivity contribution in [2.75, 3.05) is 0 Å². The van der Waals surface area contributed by atoms with Gasteiger partial charge < -0.3 is 10.3 Å². The van der Waals surface area contributed by atoms with Gasteiger partial charge >= 0.3 is 0 Å². The summed E-state index contributed by atoms with van der Waals surface area (Å²) in [6, 6.07) is 8.13. The van der Waals surface area contributed by atoms with Gasteiger partial charge in [-0.1, -0.05) is 31.1 Å². The SMILES string of the molecule is CC(C)Sc1ccccc1-c1nc(C2(N)CCC2)no1.Cl. The molecule has 0 saturated heterocycles. The van der Waals surface area contributed by atoms with E-state index >= 15 is 0 Å². The van der Waals surface area contributed by atoms with E-state index in [0.717, 1.165) is 29.7 Å². The van der Waals surface area contributed by atoms with Crippen molar-refractivity contribution in [2.24, 2.45) is 5.73 Å². The van der Waals surface area contributed by atoms with Crippen LogP contribution in [0.3, 0.4) is 0 Å². The lowest BCUT2D eigenvalue weighted by Gasteiger charge is -2.34. The first-order valence-corrected chi connectivity index (χ1v) is 7.85. The van der Waals surface area contributed by atoms with Gasteiger partial charge in [0.25, 0.3) is 5.89 Å². The van der Waals surface area contributed by atoms with Gasteiger partial charge in [0.2, 0.25) is 0 Å². The van der Waals surface area contributed by atoms with Gasteiger partial charge in [-0.05, 0) is 31.4 Å². The van der Waals surface area contributed by atoms with Gasteiger partial charge in [-0.2, -0.15) is 4.98 Å². The standard InChI is InChI=1S/C15H19N3OS.ClH/c1-10(2)20-12-7-4-3-6-11(12)13-17-14(18-19-13)15(16)8-5-9-15;/h3-4,6-7,10H,5,8-9,16H2,1-2H3;1H. The molecular weight excluding hydrogens is 306 g/mol. The maximum Gasteiger partial charge on any atom is 0.259 e. The number of rotatable bonds is 4. The molecular formula is C15H20ClN3OS. The molecule has 1 aliphatic rings.